The molecule has 1 aliphatic heterocycles. The van der Waals surface area contributed by atoms with Crippen LogP contribution in [0.3, 0.4) is 0 Å². The molecule has 0 spiro atoms. The molecule has 6 heteroatoms. The zero-order valence-electron chi connectivity index (χ0n) is 12.2. The molecule has 1 atom stereocenters. The third-order valence-corrected chi connectivity index (χ3v) is 3.85. The van der Waals surface area contributed by atoms with E-state index in [0.717, 1.165) is 25.1 Å². The maximum Gasteiger partial charge on any atom is 0.303 e. The smallest absolute Gasteiger partial charge is 0.303 e. The fraction of sp³-hybridized carbons (Fsp3) is 0.533. The van der Waals surface area contributed by atoms with Crippen LogP contribution >= 0.6 is 0 Å². The molecule has 6 nitrogen and oxygen atoms in total. The topological polar surface area (TPSA) is 75.4 Å². The molecule has 0 saturated carbocycles. The molecule has 2 rings (SSSR count). The molecule has 1 aromatic rings. The van der Waals surface area contributed by atoms with Crippen molar-refractivity contribution in [3.8, 4) is 0 Å². The summed E-state index contributed by atoms with van der Waals surface area (Å²) >= 11 is 0. The Morgan fingerprint density at radius 3 is 3.00 bits per heavy atom. The zero-order chi connectivity index (χ0) is 15.2. The van der Waals surface area contributed by atoms with Gasteiger partial charge in [-0.2, -0.15) is 5.10 Å². The molecular formula is C15H21N3O3. The van der Waals surface area contributed by atoms with Crippen LogP contribution in [0.2, 0.25) is 0 Å². The van der Waals surface area contributed by atoms with E-state index in [1.807, 2.05) is 18.0 Å². The fourth-order valence-corrected chi connectivity index (χ4v) is 2.64. The van der Waals surface area contributed by atoms with Crippen molar-refractivity contribution >= 4 is 18.0 Å². The molecule has 1 fully saturated rings. The second-order valence-electron chi connectivity index (χ2n) is 5.44. The number of hydrogen-bond acceptors (Lipinski definition) is 3. The first-order chi connectivity index (χ1) is 10.1. The van der Waals surface area contributed by atoms with Crippen LogP contribution in [0, 0.1) is 5.92 Å². The fourth-order valence-electron chi connectivity index (χ4n) is 2.64. The number of likely N-dealkylation sites (tertiary alicyclic amines) is 1. The molecule has 0 aromatic carbocycles. The molecule has 1 saturated heterocycles. The maximum atomic E-state index is 12.2. The predicted octanol–water partition coefficient (Wildman–Crippen LogP) is 1.54. The number of amides is 1. The number of nitrogens with zero attached hydrogens (tertiary/aromatic N) is 3. The average molecular weight is 291 g/mol. The van der Waals surface area contributed by atoms with Crippen molar-refractivity contribution in [1.82, 2.24) is 14.7 Å². The van der Waals surface area contributed by atoms with Gasteiger partial charge in [0.25, 0.3) is 0 Å². The first-order valence-electron chi connectivity index (χ1n) is 7.23. The highest BCUT2D eigenvalue weighted by Crippen LogP contribution is 2.21. The van der Waals surface area contributed by atoms with E-state index in [0.29, 0.717) is 18.9 Å². The molecule has 2 heterocycles. The number of carbonyl (C=O) groups is 2. The van der Waals surface area contributed by atoms with Crippen LogP contribution in [0.25, 0.3) is 6.08 Å². The minimum Gasteiger partial charge on any atom is -0.481 e. The normalized spacial score (nSPS) is 19.1. The highest BCUT2D eigenvalue weighted by atomic mass is 16.4. The Labute approximate surface area is 124 Å². The van der Waals surface area contributed by atoms with Gasteiger partial charge in [0.1, 0.15) is 0 Å². The first kappa shape index (κ1) is 15.3. The largest absolute Gasteiger partial charge is 0.481 e. The van der Waals surface area contributed by atoms with E-state index < -0.39 is 5.97 Å². The van der Waals surface area contributed by atoms with Crippen LogP contribution in [0.4, 0.5) is 0 Å². The SMILES string of the molecule is Cn1nccc1/C=C/C(=O)N1CCCC(CCC(=O)O)C1. The van der Waals surface area contributed by atoms with Gasteiger partial charge in [0.2, 0.25) is 5.91 Å². The minimum atomic E-state index is -0.769. The maximum absolute atomic E-state index is 12.2. The Kier molecular flexibility index (Phi) is 5.14. The van der Waals surface area contributed by atoms with Crippen molar-refractivity contribution in [2.75, 3.05) is 13.1 Å². The van der Waals surface area contributed by atoms with Crippen molar-refractivity contribution in [2.45, 2.75) is 25.7 Å². The van der Waals surface area contributed by atoms with E-state index in [-0.39, 0.29) is 12.3 Å². The van der Waals surface area contributed by atoms with Crippen molar-refractivity contribution < 1.29 is 14.7 Å². The number of carboxylic acid groups (broad SMARTS) is 1. The second kappa shape index (κ2) is 7.06. The number of aliphatic carboxylic acids is 1. The standard InChI is InChI=1S/C15H21N3O3/c1-17-13(8-9-16-17)5-6-14(19)18-10-2-3-12(11-18)4-7-15(20)21/h5-6,8-9,12H,2-4,7,10-11H2,1H3,(H,20,21)/b6-5+. The lowest BCUT2D eigenvalue weighted by atomic mass is 9.93. The molecule has 21 heavy (non-hydrogen) atoms. The van der Waals surface area contributed by atoms with Crippen molar-refractivity contribution in [1.29, 1.82) is 0 Å². The Morgan fingerprint density at radius 1 is 1.52 bits per heavy atom. The van der Waals surface area contributed by atoms with E-state index >= 15 is 0 Å². The Hall–Kier alpha value is -2.11. The highest BCUT2D eigenvalue weighted by molar-refractivity contribution is 5.91. The summed E-state index contributed by atoms with van der Waals surface area (Å²) in [4.78, 5) is 24.6. The van der Waals surface area contributed by atoms with Crippen LogP contribution in [0.1, 0.15) is 31.4 Å². The third kappa shape index (κ3) is 4.44. The minimum absolute atomic E-state index is 0.0174. The Morgan fingerprint density at radius 2 is 2.33 bits per heavy atom. The monoisotopic (exact) mass is 291 g/mol. The zero-order valence-corrected chi connectivity index (χ0v) is 12.2. The van der Waals surface area contributed by atoms with Crippen molar-refractivity contribution in [3.63, 3.8) is 0 Å². The van der Waals surface area contributed by atoms with Gasteiger partial charge in [-0.05, 0) is 37.3 Å². The molecule has 1 aliphatic rings. The van der Waals surface area contributed by atoms with Gasteiger partial charge >= 0.3 is 5.97 Å². The number of aromatic nitrogens is 2. The molecule has 1 unspecified atom stereocenters. The predicted molar refractivity (Wildman–Crippen MR) is 78.4 cm³/mol. The molecule has 1 N–H and O–H groups in total. The van der Waals surface area contributed by atoms with Gasteiger partial charge in [0.15, 0.2) is 0 Å². The lowest BCUT2D eigenvalue weighted by Gasteiger charge is -2.31. The molecule has 1 amide bonds. The average Bonchev–Trinajstić information content (AvgIpc) is 2.88. The third-order valence-electron chi connectivity index (χ3n) is 3.85. The lowest BCUT2D eigenvalue weighted by Crippen LogP contribution is -2.39. The van der Waals surface area contributed by atoms with Crippen molar-refractivity contribution in [3.05, 3.63) is 24.0 Å². The van der Waals surface area contributed by atoms with Crippen LogP contribution in [0.5, 0.6) is 0 Å². The summed E-state index contributed by atoms with van der Waals surface area (Å²) in [6, 6.07) is 1.84. The molecule has 0 radical (unpaired) electrons. The lowest BCUT2D eigenvalue weighted by molar-refractivity contribution is -0.137. The van der Waals surface area contributed by atoms with Crippen LogP contribution in [-0.2, 0) is 16.6 Å². The summed E-state index contributed by atoms with van der Waals surface area (Å²) < 4.78 is 1.70. The van der Waals surface area contributed by atoms with Crippen LogP contribution < -0.4 is 0 Å². The summed E-state index contributed by atoms with van der Waals surface area (Å²) in [7, 11) is 1.83. The van der Waals surface area contributed by atoms with E-state index in [4.69, 9.17) is 5.11 Å². The number of hydrogen-bond donors (Lipinski definition) is 1. The van der Waals surface area contributed by atoms with E-state index in [9.17, 15) is 9.59 Å². The van der Waals surface area contributed by atoms with Gasteiger partial charge in [-0.25, -0.2) is 0 Å². The number of rotatable bonds is 5. The van der Waals surface area contributed by atoms with Gasteiger partial charge in [0, 0.05) is 38.8 Å². The van der Waals surface area contributed by atoms with Crippen molar-refractivity contribution in [2.24, 2.45) is 13.0 Å². The number of carbonyl (C=O) groups excluding carboxylic acids is 1. The summed E-state index contributed by atoms with van der Waals surface area (Å²) in [6.07, 6.45) is 7.78. The summed E-state index contributed by atoms with van der Waals surface area (Å²) in [5.41, 5.74) is 0.878. The molecular weight excluding hydrogens is 270 g/mol. The quantitative estimate of drug-likeness (QED) is 0.835. The molecule has 1 aromatic heterocycles. The Balaban J connectivity index is 1.88. The van der Waals surface area contributed by atoms with Crippen LogP contribution in [-0.4, -0.2) is 44.8 Å². The van der Waals surface area contributed by atoms with E-state index in [1.165, 1.54) is 0 Å². The van der Waals surface area contributed by atoms with Gasteiger partial charge < -0.3 is 10.0 Å². The van der Waals surface area contributed by atoms with E-state index in [1.54, 1.807) is 23.0 Å². The van der Waals surface area contributed by atoms with E-state index in [2.05, 4.69) is 5.10 Å². The van der Waals surface area contributed by atoms with Gasteiger partial charge in [-0.1, -0.05) is 0 Å². The van der Waals surface area contributed by atoms with Gasteiger partial charge in [0.05, 0.1) is 5.69 Å². The second-order valence-corrected chi connectivity index (χ2v) is 5.44. The highest BCUT2D eigenvalue weighted by Gasteiger charge is 2.22. The van der Waals surface area contributed by atoms with Crippen LogP contribution in [0.15, 0.2) is 18.3 Å². The first-order valence-corrected chi connectivity index (χ1v) is 7.23. The molecule has 114 valence electrons. The van der Waals surface area contributed by atoms with Gasteiger partial charge in [-0.3, -0.25) is 14.3 Å². The molecule has 0 aliphatic carbocycles. The summed E-state index contributed by atoms with van der Waals surface area (Å²) in [5, 5.41) is 12.8. The summed E-state index contributed by atoms with van der Waals surface area (Å²) in [5.74, 6) is -0.491. The number of aryl methyl sites for hydroxylation is 1. The van der Waals surface area contributed by atoms with Gasteiger partial charge in [-0.15, -0.1) is 0 Å². The Bertz CT molecular complexity index is 536. The summed E-state index contributed by atoms with van der Waals surface area (Å²) in [6.45, 7) is 1.40. The number of piperidine rings is 1. The number of carboxylic acids is 1. The molecule has 0 bridgehead atoms.